The summed E-state index contributed by atoms with van der Waals surface area (Å²) in [7, 11) is 11.2. The first-order valence-electron chi connectivity index (χ1n) is 32.2. The second-order valence-corrected chi connectivity index (χ2v) is 24.9. The number of hydrogen-bond acceptors (Lipinski definition) is 6. The maximum Gasteiger partial charge on any atom is 0.0906 e. The van der Waals surface area contributed by atoms with Crippen LogP contribution in [0.25, 0.3) is 0 Å². The zero-order valence-corrected chi connectivity index (χ0v) is 74.3. The Kier molecular flexibility index (Phi) is 68.5. The summed E-state index contributed by atoms with van der Waals surface area (Å²) in [6.07, 6.45) is 41.4. The van der Waals surface area contributed by atoms with E-state index in [0.29, 0.717) is 0 Å². The molecule has 3 aliphatic carbocycles. The molecule has 0 aliphatic heterocycles. The molecule has 0 saturated heterocycles. The lowest BCUT2D eigenvalue weighted by Gasteiger charge is -2.27. The lowest BCUT2D eigenvalue weighted by Crippen LogP contribution is -2.27. The van der Waals surface area contributed by atoms with Crippen molar-refractivity contribution < 1.29 is 0 Å². The van der Waals surface area contributed by atoms with Crippen LogP contribution in [0.4, 0.5) is 0 Å². The van der Waals surface area contributed by atoms with E-state index in [0.717, 1.165) is 52.7 Å². The van der Waals surface area contributed by atoms with Crippen LogP contribution in [0.1, 0.15) is 223 Å². The van der Waals surface area contributed by atoms with Gasteiger partial charge in [-0.1, -0.05) is 159 Å². The maximum absolute atomic E-state index is 4.74. The van der Waals surface area contributed by atoms with E-state index < -0.39 is 0 Å². The summed E-state index contributed by atoms with van der Waals surface area (Å²) in [4.78, 5) is 27.9. The number of unbranched alkanes of at least 4 members (excludes halogenated alkanes) is 6. The van der Waals surface area contributed by atoms with Gasteiger partial charge in [0.15, 0.2) is 0 Å². The van der Waals surface area contributed by atoms with Gasteiger partial charge in [0.05, 0.1) is 34.3 Å². The van der Waals surface area contributed by atoms with E-state index in [1.54, 1.807) is 0 Å². The van der Waals surface area contributed by atoms with Gasteiger partial charge >= 0.3 is 0 Å². The molecule has 0 aromatic carbocycles. The van der Waals surface area contributed by atoms with Gasteiger partial charge in [-0.05, 0) is 238 Å². The highest BCUT2D eigenvalue weighted by molar-refractivity contribution is 7.60. The third-order valence-electron chi connectivity index (χ3n) is 15.8. The smallest absolute Gasteiger partial charge is 0.0906 e. The van der Waals surface area contributed by atoms with E-state index in [9.17, 15) is 0 Å². The normalized spacial score (nSPS) is 16.6. The van der Waals surface area contributed by atoms with E-state index in [2.05, 4.69) is 258 Å². The molecule has 0 N–H and O–H groups in total. The van der Waals surface area contributed by atoms with E-state index in [1.165, 1.54) is 174 Å². The molecule has 6 nitrogen and oxygen atoms in total. The van der Waals surface area contributed by atoms with E-state index in [4.69, 9.17) is 9.98 Å². The number of rotatable bonds is 22. The molecule has 0 heterocycles. The third-order valence-corrected chi connectivity index (χ3v) is 15.8. The summed E-state index contributed by atoms with van der Waals surface area (Å²) >= 11 is 0. The molecular formula is C81H138N6S9. The second-order valence-electron chi connectivity index (χ2n) is 24.9. The Balaban J connectivity index is -0.000000164. The van der Waals surface area contributed by atoms with Crippen LogP contribution in [0, 0.1) is 0 Å². The largest absolute Gasteiger partial charge is 0.286 e. The monoisotopic (exact) mass is 1480 g/mol. The van der Waals surface area contributed by atoms with Crippen LogP contribution < -0.4 is 0 Å². The predicted octanol–water partition coefficient (Wildman–Crippen LogP) is 24.3. The van der Waals surface area contributed by atoms with Gasteiger partial charge in [0, 0.05) is 75.7 Å². The van der Waals surface area contributed by atoms with Gasteiger partial charge in [0.25, 0.3) is 0 Å². The highest BCUT2D eigenvalue weighted by Crippen LogP contribution is 2.36. The molecule has 0 saturated carbocycles. The Morgan fingerprint density at radius 2 is 0.562 bits per heavy atom. The van der Waals surface area contributed by atoms with Crippen molar-refractivity contribution in [3.05, 3.63) is 207 Å². The highest BCUT2D eigenvalue weighted by Gasteiger charge is 2.29. The summed E-state index contributed by atoms with van der Waals surface area (Å²) in [6.45, 7) is 49.9. The van der Waals surface area contributed by atoms with Crippen molar-refractivity contribution in [3.8, 4) is 0 Å². The van der Waals surface area contributed by atoms with Crippen molar-refractivity contribution in [1.82, 2.24) is 0 Å². The van der Waals surface area contributed by atoms with Crippen molar-refractivity contribution in [3.63, 3.8) is 0 Å². The van der Waals surface area contributed by atoms with Gasteiger partial charge in [0.2, 0.25) is 0 Å². The fourth-order valence-corrected chi connectivity index (χ4v) is 10.7. The van der Waals surface area contributed by atoms with Crippen LogP contribution in [-0.2, 0) is 0 Å². The van der Waals surface area contributed by atoms with Gasteiger partial charge in [-0.15, -0.1) is 0 Å². The first kappa shape index (κ1) is 111. The standard InChI is InChI=1S/C34H54N2.C24H34N2.C23H32N2.9H2S/c1-11-13-15-17-19-29(25(3)4)23-27(7)31-21-22-32(34(36-10)33(31)35-9)28(8)24-30(26(5)6)20-18-16-14-12-2;1-15(2)11-13-17(5)21-19(7)20(8)22(18(6)14-12-16(3)4)24(26-10)23(21)25-9;1-15(2)10-12-17(5)20-14-19(7)21(18(6)13-11-16(3)4)23(25-9)22(20)24-8;;;;;;;;;/h21-24H,11-20H2,1-10H3;11-14H,1-10H3;10-14H,1-9H3;9*1H2/b27-23+,28-24+,35-33?,36-34?;17-13+,18-14+,25-23?,26-24?;17-12+,18-13+,24-22?,25-23?;;;;;;;;;. The second kappa shape index (κ2) is 59.2. The molecule has 0 aromatic rings. The van der Waals surface area contributed by atoms with Crippen LogP contribution in [0.3, 0.4) is 0 Å². The fourth-order valence-electron chi connectivity index (χ4n) is 10.7. The van der Waals surface area contributed by atoms with E-state index in [1.807, 2.05) is 42.3 Å². The van der Waals surface area contributed by atoms with Crippen molar-refractivity contribution >= 4 is 156 Å². The first-order valence-corrected chi connectivity index (χ1v) is 32.2. The minimum atomic E-state index is 0. The van der Waals surface area contributed by atoms with E-state index >= 15 is 0 Å². The van der Waals surface area contributed by atoms with Gasteiger partial charge in [0.1, 0.15) is 0 Å². The summed E-state index contributed by atoms with van der Waals surface area (Å²) in [6, 6.07) is 0. The highest BCUT2D eigenvalue weighted by atomic mass is 32.1. The SMILES string of the molecule is CCCCCCC(/C=C(\C)C1=CC=C(/C(C)=C/C(CCCCCC)=C(C)C)C(=NC)C1=NC)=C(C)C.CN=C1C(/C(C)=C/C=C(C)C)=CC(C)=C(/C(C)=C/C=C(C)C)C1=NC.CN=C1C(=NC)C(/C(C)=C/C=C(C)C)=C(C)C(C)=C1/C(C)=C/C=C(C)C.S.S.S.S.S.S.S.S.S. The molecule has 0 bridgehead atoms. The molecule has 3 rings (SSSR count). The van der Waals surface area contributed by atoms with Gasteiger partial charge in [-0.2, -0.15) is 121 Å². The van der Waals surface area contributed by atoms with Crippen LogP contribution >= 0.6 is 121 Å². The van der Waals surface area contributed by atoms with Crippen molar-refractivity contribution in [1.29, 1.82) is 0 Å². The number of aliphatic imine (C=N–C) groups is 6. The van der Waals surface area contributed by atoms with Crippen molar-refractivity contribution in [2.24, 2.45) is 30.0 Å². The number of allylic oxidation sites excluding steroid dienone is 36. The van der Waals surface area contributed by atoms with Crippen LogP contribution in [0.15, 0.2) is 237 Å². The summed E-state index contributed by atoms with van der Waals surface area (Å²) in [5, 5.41) is 0. The average molecular weight is 1480 g/mol. The minimum Gasteiger partial charge on any atom is -0.286 e. The lowest BCUT2D eigenvalue weighted by molar-refractivity contribution is 0.666. The predicted molar refractivity (Wildman–Crippen MR) is 490 cm³/mol. The maximum atomic E-state index is 4.74. The van der Waals surface area contributed by atoms with Gasteiger partial charge in [-0.3, -0.25) is 30.0 Å². The number of hydrogen-bond donors (Lipinski definition) is 0. The Bertz CT molecular complexity index is 3120. The molecule has 15 heteroatoms. The summed E-state index contributed by atoms with van der Waals surface area (Å²) in [5.74, 6) is 0. The molecule has 0 radical (unpaired) electrons. The molecule has 0 aromatic heterocycles. The number of nitrogens with zero attached hydrogens (tertiary/aromatic N) is 6. The van der Waals surface area contributed by atoms with Crippen molar-refractivity contribution in [2.45, 2.75) is 223 Å². The Morgan fingerprint density at radius 3 is 0.823 bits per heavy atom. The molecular weight excluding hydrogens is 1350 g/mol. The van der Waals surface area contributed by atoms with Gasteiger partial charge < -0.3 is 0 Å². The Labute approximate surface area is 653 Å². The lowest BCUT2D eigenvalue weighted by atomic mass is 9.78. The third kappa shape index (κ3) is 36.2. The van der Waals surface area contributed by atoms with Crippen LogP contribution in [0.2, 0.25) is 0 Å². The topological polar surface area (TPSA) is 74.2 Å². The Morgan fingerprint density at radius 1 is 0.302 bits per heavy atom. The van der Waals surface area contributed by atoms with Crippen molar-refractivity contribution in [2.75, 3.05) is 42.3 Å². The molecule has 0 amide bonds. The molecule has 0 fully saturated rings. The quantitative estimate of drug-likeness (QED) is 0.0589. The fraction of sp³-hybridized carbons (Fsp3) is 0.481. The van der Waals surface area contributed by atoms with Crippen LogP contribution in [0.5, 0.6) is 0 Å². The zero-order valence-electron chi connectivity index (χ0n) is 65.3. The molecule has 0 spiro atoms. The molecule has 96 heavy (non-hydrogen) atoms. The molecule has 546 valence electrons. The Hall–Kier alpha value is -3.51. The minimum absolute atomic E-state index is 0. The van der Waals surface area contributed by atoms with Crippen LogP contribution in [-0.4, -0.2) is 76.6 Å². The van der Waals surface area contributed by atoms with Gasteiger partial charge in [-0.25, -0.2) is 0 Å². The summed E-state index contributed by atoms with van der Waals surface area (Å²) < 4.78 is 0. The molecule has 3 aliphatic rings. The molecule has 0 atom stereocenters. The summed E-state index contributed by atoms with van der Waals surface area (Å²) in [5.41, 5.74) is 35.0. The first-order chi connectivity index (χ1) is 41.1. The molecule has 0 unspecified atom stereocenters. The average Bonchev–Trinajstić information content (AvgIpc) is 0.787. The van der Waals surface area contributed by atoms with E-state index in [-0.39, 0.29) is 121 Å². The zero-order chi connectivity index (χ0) is 66.2.